The highest BCUT2D eigenvalue weighted by Crippen LogP contribution is 2.30. The van der Waals surface area contributed by atoms with Gasteiger partial charge in [-0.05, 0) is 39.3 Å². The number of carbonyl (C=O) groups is 1. The third kappa shape index (κ3) is 2.88. The van der Waals surface area contributed by atoms with Crippen molar-refractivity contribution in [1.29, 1.82) is 0 Å². The lowest BCUT2D eigenvalue weighted by molar-refractivity contribution is 0.0987. The molecule has 3 aromatic heterocycles. The number of thiazole rings is 1. The van der Waals surface area contributed by atoms with Crippen molar-refractivity contribution in [2.45, 2.75) is 40.5 Å². The minimum absolute atomic E-state index is 0.00154. The fourth-order valence-electron chi connectivity index (χ4n) is 3.18. The lowest BCUT2D eigenvalue weighted by atomic mass is 10.0. The molecule has 132 valence electrons. The Morgan fingerprint density at radius 3 is 2.73 bits per heavy atom. The first kappa shape index (κ1) is 16.8. The molecule has 0 spiro atoms. The van der Waals surface area contributed by atoms with Crippen molar-refractivity contribution in [2.75, 3.05) is 0 Å². The molecule has 1 aliphatic rings. The molecule has 0 fully saturated rings. The largest absolute Gasteiger partial charge is 0.292 e. The van der Waals surface area contributed by atoms with Gasteiger partial charge in [0.15, 0.2) is 11.6 Å². The zero-order valence-corrected chi connectivity index (χ0v) is 16.0. The van der Waals surface area contributed by atoms with Gasteiger partial charge in [-0.15, -0.1) is 11.3 Å². The lowest BCUT2D eigenvalue weighted by Crippen LogP contribution is -2.07. The van der Waals surface area contributed by atoms with Crippen molar-refractivity contribution >= 4 is 28.6 Å². The molecule has 4 heterocycles. The topological polar surface area (TPSA) is 83.9 Å². The summed E-state index contributed by atoms with van der Waals surface area (Å²) >= 11 is 1.66. The molecule has 26 heavy (non-hydrogen) atoms. The van der Waals surface area contributed by atoms with Crippen molar-refractivity contribution < 1.29 is 4.79 Å². The summed E-state index contributed by atoms with van der Waals surface area (Å²) in [7, 11) is 0. The molecular formula is C19H19N5OS. The number of aryl methyl sites for hydroxylation is 3. The summed E-state index contributed by atoms with van der Waals surface area (Å²) in [5.74, 6) is 0.745. The van der Waals surface area contributed by atoms with Gasteiger partial charge < -0.3 is 0 Å². The Balaban J connectivity index is 1.55. The van der Waals surface area contributed by atoms with Gasteiger partial charge in [0.1, 0.15) is 5.69 Å². The van der Waals surface area contributed by atoms with Crippen LogP contribution in [0.1, 0.15) is 48.5 Å². The molecule has 1 N–H and O–H groups in total. The monoisotopic (exact) mass is 365 g/mol. The van der Waals surface area contributed by atoms with Crippen LogP contribution in [0.15, 0.2) is 17.3 Å². The number of rotatable bonds is 4. The van der Waals surface area contributed by atoms with Gasteiger partial charge >= 0.3 is 0 Å². The van der Waals surface area contributed by atoms with E-state index in [0.29, 0.717) is 12.1 Å². The highest BCUT2D eigenvalue weighted by molar-refractivity contribution is 7.13. The number of fused-ring (bicyclic) bond motifs is 1. The quantitative estimate of drug-likeness (QED) is 0.716. The van der Waals surface area contributed by atoms with Crippen LogP contribution in [0.5, 0.6) is 0 Å². The normalized spacial score (nSPS) is 13.0. The lowest BCUT2D eigenvalue weighted by Gasteiger charge is -2.03. The Bertz CT molecular complexity index is 1060. The summed E-state index contributed by atoms with van der Waals surface area (Å²) in [4.78, 5) is 27.3. The first-order chi connectivity index (χ1) is 12.4. The van der Waals surface area contributed by atoms with E-state index in [1.807, 2.05) is 33.8 Å². The Morgan fingerprint density at radius 2 is 2.08 bits per heavy atom. The van der Waals surface area contributed by atoms with Crippen LogP contribution in [0.4, 0.5) is 5.82 Å². The number of Topliss-reactive ketones (excluding diaryl/α,β-unsaturated/α-hetero) is 1. The number of aromatic nitrogens is 4. The molecule has 6 nitrogen and oxygen atoms in total. The maximum atomic E-state index is 12.5. The number of carbonyl (C=O) groups excluding carboxylic acids is 1. The Labute approximate surface area is 155 Å². The number of ketones is 1. The molecule has 0 aliphatic carbocycles. The van der Waals surface area contributed by atoms with Crippen LogP contribution in [-0.4, -0.2) is 31.7 Å². The number of pyridine rings is 1. The third-order valence-corrected chi connectivity index (χ3v) is 5.77. The standard InChI is InChI=1S/C19H19N5OS/c1-9-10(2)23-24-17(9)16(25)6-13-5-14-7-15(22-19(14)20-8-13)18-11(3)21-12(4)26-18/h5,8H,6-7H2,1-4H3,(H,23,24). The van der Waals surface area contributed by atoms with Gasteiger partial charge in [-0.3, -0.25) is 9.89 Å². The van der Waals surface area contributed by atoms with E-state index >= 15 is 0 Å². The molecule has 4 rings (SSSR count). The van der Waals surface area contributed by atoms with Crippen molar-refractivity contribution in [1.82, 2.24) is 20.2 Å². The van der Waals surface area contributed by atoms with E-state index in [-0.39, 0.29) is 5.78 Å². The number of H-pyrrole nitrogens is 1. The number of nitrogens with zero attached hydrogens (tertiary/aromatic N) is 4. The summed E-state index contributed by atoms with van der Waals surface area (Å²) in [6.07, 6.45) is 2.76. The van der Waals surface area contributed by atoms with Gasteiger partial charge in [-0.2, -0.15) is 5.10 Å². The number of aromatic amines is 1. The number of hydrogen-bond donors (Lipinski definition) is 1. The summed E-state index contributed by atoms with van der Waals surface area (Å²) in [6.45, 7) is 7.84. The van der Waals surface area contributed by atoms with Crippen LogP contribution in [0.25, 0.3) is 0 Å². The zero-order valence-electron chi connectivity index (χ0n) is 15.2. The van der Waals surface area contributed by atoms with Crippen molar-refractivity contribution in [2.24, 2.45) is 4.99 Å². The van der Waals surface area contributed by atoms with Crippen LogP contribution in [0.3, 0.4) is 0 Å². The van der Waals surface area contributed by atoms with E-state index in [9.17, 15) is 4.79 Å². The maximum absolute atomic E-state index is 12.5. The van der Waals surface area contributed by atoms with Gasteiger partial charge in [0.25, 0.3) is 0 Å². The molecule has 3 aromatic rings. The Morgan fingerprint density at radius 1 is 1.27 bits per heavy atom. The second-order valence-corrected chi connectivity index (χ2v) is 7.83. The fourth-order valence-corrected chi connectivity index (χ4v) is 4.09. The predicted octanol–water partition coefficient (Wildman–Crippen LogP) is 3.60. The Hall–Kier alpha value is -2.67. The van der Waals surface area contributed by atoms with Crippen LogP contribution < -0.4 is 0 Å². The molecular weight excluding hydrogens is 346 g/mol. The summed E-state index contributed by atoms with van der Waals surface area (Å²) in [5.41, 5.74) is 6.32. The highest BCUT2D eigenvalue weighted by atomic mass is 32.1. The van der Waals surface area contributed by atoms with Crippen LogP contribution in [0.2, 0.25) is 0 Å². The summed E-state index contributed by atoms with van der Waals surface area (Å²) in [5, 5.41) is 8.03. The van der Waals surface area contributed by atoms with Gasteiger partial charge in [-0.1, -0.05) is 0 Å². The first-order valence-corrected chi connectivity index (χ1v) is 9.28. The van der Waals surface area contributed by atoms with E-state index in [1.54, 1.807) is 17.5 Å². The molecule has 0 saturated carbocycles. The number of nitrogens with one attached hydrogen (secondary N) is 1. The average Bonchev–Trinajstić information content (AvgIpc) is 3.25. The average molecular weight is 365 g/mol. The van der Waals surface area contributed by atoms with Gasteiger partial charge in [0.2, 0.25) is 0 Å². The summed E-state index contributed by atoms with van der Waals surface area (Å²) < 4.78 is 0. The third-order valence-electron chi connectivity index (χ3n) is 4.65. The minimum atomic E-state index is 0.00154. The maximum Gasteiger partial charge on any atom is 0.187 e. The molecule has 0 saturated heterocycles. The molecule has 0 bridgehead atoms. The van der Waals surface area contributed by atoms with Crippen molar-refractivity contribution in [3.05, 3.63) is 55.9 Å². The molecule has 0 atom stereocenters. The molecule has 1 aliphatic heterocycles. The summed E-state index contributed by atoms with van der Waals surface area (Å²) in [6, 6.07) is 2.04. The SMILES string of the molecule is Cc1nc(C)c(C2=Nc3ncc(CC(=O)c4n[nH]c(C)c4C)cc3C2)s1. The van der Waals surface area contributed by atoms with E-state index < -0.39 is 0 Å². The predicted molar refractivity (Wildman–Crippen MR) is 102 cm³/mol. The fraction of sp³-hybridized carbons (Fsp3) is 0.316. The number of hydrogen-bond acceptors (Lipinski definition) is 6. The Kier molecular flexibility index (Phi) is 4.03. The van der Waals surface area contributed by atoms with Crippen LogP contribution >= 0.6 is 11.3 Å². The first-order valence-electron chi connectivity index (χ1n) is 8.47. The van der Waals surface area contributed by atoms with Gasteiger partial charge in [0.05, 0.1) is 21.3 Å². The second-order valence-electron chi connectivity index (χ2n) is 6.63. The molecule has 7 heteroatoms. The van der Waals surface area contributed by atoms with E-state index in [4.69, 9.17) is 0 Å². The van der Waals surface area contributed by atoms with E-state index in [1.165, 1.54) is 0 Å². The van der Waals surface area contributed by atoms with Crippen LogP contribution in [0, 0.1) is 27.7 Å². The molecule has 0 amide bonds. The second kappa shape index (κ2) is 6.25. The minimum Gasteiger partial charge on any atom is -0.292 e. The number of aliphatic imine (C=N–C) groups is 1. The van der Waals surface area contributed by atoms with Crippen molar-refractivity contribution in [3.8, 4) is 0 Å². The highest BCUT2D eigenvalue weighted by Gasteiger charge is 2.22. The van der Waals surface area contributed by atoms with Gasteiger partial charge in [0, 0.05) is 35.9 Å². The van der Waals surface area contributed by atoms with E-state index in [2.05, 4.69) is 25.2 Å². The zero-order chi connectivity index (χ0) is 18.4. The van der Waals surface area contributed by atoms with Crippen molar-refractivity contribution in [3.63, 3.8) is 0 Å². The smallest absolute Gasteiger partial charge is 0.187 e. The van der Waals surface area contributed by atoms with Gasteiger partial charge in [-0.25, -0.2) is 15.0 Å². The van der Waals surface area contributed by atoms with E-state index in [0.717, 1.165) is 55.9 Å². The molecule has 0 aromatic carbocycles. The molecule has 0 radical (unpaired) electrons. The van der Waals surface area contributed by atoms with Crippen LogP contribution in [-0.2, 0) is 12.8 Å². The molecule has 0 unspecified atom stereocenters.